The highest BCUT2D eigenvalue weighted by Gasteiger charge is 2.04. The van der Waals surface area contributed by atoms with E-state index in [1.807, 2.05) is 30.3 Å². The summed E-state index contributed by atoms with van der Waals surface area (Å²) in [5, 5.41) is 9.65. The smallest absolute Gasteiger partial charge is 0.227 e. The fraction of sp³-hybridized carbons (Fsp3) is 0.0952. The standard InChI is InChI=1S/C21H18O5/c1-24-19-10-16(9-17(22)11-19)7-8-18-12-20(23)21(14-25-18)26-13-15-5-3-2-4-6-15/h2-12,14,22H,13H2,1H3. The van der Waals surface area contributed by atoms with Crippen LogP contribution in [0.3, 0.4) is 0 Å². The van der Waals surface area contributed by atoms with Crippen LogP contribution in [0.1, 0.15) is 16.9 Å². The predicted molar refractivity (Wildman–Crippen MR) is 99.3 cm³/mol. The summed E-state index contributed by atoms with van der Waals surface area (Å²) >= 11 is 0. The van der Waals surface area contributed by atoms with Gasteiger partial charge in [-0.3, -0.25) is 4.79 Å². The summed E-state index contributed by atoms with van der Waals surface area (Å²) in [6.07, 6.45) is 4.65. The van der Waals surface area contributed by atoms with Crippen LogP contribution in [0.15, 0.2) is 70.1 Å². The van der Waals surface area contributed by atoms with Crippen LogP contribution in [0.25, 0.3) is 12.2 Å². The first-order valence-corrected chi connectivity index (χ1v) is 8.00. The third kappa shape index (κ3) is 4.54. The first-order valence-electron chi connectivity index (χ1n) is 8.00. The molecule has 3 rings (SSSR count). The molecule has 3 aromatic rings. The first-order chi connectivity index (χ1) is 12.6. The van der Waals surface area contributed by atoms with E-state index in [0.717, 1.165) is 5.56 Å². The molecule has 0 saturated heterocycles. The second-order valence-electron chi connectivity index (χ2n) is 5.58. The molecule has 0 radical (unpaired) electrons. The number of phenolic OH excluding ortho intramolecular Hbond substituents is 1. The number of ether oxygens (including phenoxy) is 2. The largest absolute Gasteiger partial charge is 0.508 e. The van der Waals surface area contributed by atoms with Gasteiger partial charge in [0.1, 0.15) is 30.1 Å². The SMILES string of the molecule is COc1cc(O)cc(C=Cc2cc(=O)c(OCc3ccccc3)co2)c1. The molecular weight excluding hydrogens is 332 g/mol. The van der Waals surface area contributed by atoms with Crippen molar-refractivity contribution < 1.29 is 19.0 Å². The molecule has 1 N–H and O–H groups in total. The second kappa shape index (κ2) is 8.07. The van der Waals surface area contributed by atoms with Crippen molar-refractivity contribution in [3.8, 4) is 17.2 Å². The highest BCUT2D eigenvalue weighted by Crippen LogP contribution is 2.23. The van der Waals surface area contributed by atoms with Crippen molar-refractivity contribution in [2.24, 2.45) is 0 Å². The Morgan fingerprint density at radius 1 is 1.08 bits per heavy atom. The van der Waals surface area contributed by atoms with E-state index in [9.17, 15) is 9.90 Å². The summed E-state index contributed by atoms with van der Waals surface area (Å²) in [4.78, 5) is 12.1. The van der Waals surface area contributed by atoms with Crippen LogP contribution < -0.4 is 14.9 Å². The minimum atomic E-state index is -0.264. The second-order valence-corrected chi connectivity index (χ2v) is 5.58. The van der Waals surface area contributed by atoms with Gasteiger partial charge >= 0.3 is 0 Å². The maximum Gasteiger partial charge on any atom is 0.227 e. The van der Waals surface area contributed by atoms with E-state index in [1.165, 1.54) is 25.5 Å². The molecule has 1 aromatic heterocycles. The van der Waals surface area contributed by atoms with Crippen LogP contribution in [0.4, 0.5) is 0 Å². The number of rotatable bonds is 6. The van der Waals surface area contributed by atoms with Gasteiger partial charge in [-0.15, -0.1) is 0 Å². The lowest BCUT2D eigenvalue weighted by Gasteiger charge is -2.05. The van der Waals surface area contributed by atoms with Crippen LogP contribution in [-0.2, 0) is 6.61 Å². The van der Waals surface area contributed by atoms with Gasteiger partial charge in [0, 0.05) is 12.1 Å². The highest BCUT2D eigenvalue weighted by molar-refractivity contribution is 5.69. The van der Waals surface area contributed by atoms with Gasteiger partial charge in [-0.25, -0.2) is 0 Å². The third-order valence-electron chi connectivity index (χ3n) is 3.64. The Balaban J connectivity index is 1.71. The Morgan fingerprint density at radius 3 is 2.62 bits per heavy atom. The zero-order chi connectivity index (χ0) is 18.4. The van der Waals surface area contributed by atoms with E-state index in [2.05, 4.69) is 0 Å². The molecule has 26 heavy (non-hydrogen) atoms. The van der Waals surface area contributed by atoms with Crippen LogP contribution in [0.5, 0.6) is 17.2 Å². The molecular formula is C21H18O5. The molecule has 0 aliphatic rings. The lowest BCUT2D eigenvalue weighted by atomic mass is 10.1. The van der Waals surface area contributed by atoms with Gasteiger partial charge in [0.05, 0.1) is 7.11 Å². The first kappa shape index (κ1) is 17.4. The van der Waals surface area contributed by atoms with Crippen molar-refractivity contribution in [2.75, 3.05) is 7.11 Å². The number of methoxy groups -OCH3 is 1. The van der Waals surface area contributed by atoms with Crippen molar-refractivity contribution in [3.63, 3.8) is 0 Å². The number of benzene rings is 2. The fourth-order valence-electron chi connectivity index (χ4n) is 2.34. The van der Waals surface area contributed by atoms with Crippen LogP contribution in [0, 0.1) is 0 Å². The summed E-state index contributed by atoms with van der Waals surface area (Å²) in [5.41, 5.74) is 1.42. The zero-order valence-electron chi connectivity index (χ0n) is 14.2. The predicted octanol–water partition coefficient (Wildman–Crippen LogP) is 4.10. The Kier molecular flexibility index (Phi) is 5.39. The van der Waals surface area contributed by atoms with Gasteiger partial charge in [-0.2, -0.15) is 0 Å². The molecule has 5 nitrogen and oxygen atoms in total. The molecule has 0 saturated carbocycles. The fourth-order valence-corrected chi connectivity index (χ4v) is 2.34. The van der Waals surface area contributed by atoms with Gasteiger partial charge in [0.15, 0.2) is 0 Å². The maximum atomic E-state index is 12.1. The molecule has 0 aliphatic carbocycles. The van der Waals surface area contributed by atoms with Gasteiger partial charge in [0.2, 0.25) is 11.2 Å². The summed E-state index contributed by atoms with van der Waals surface area (Å²) < 4.78 is 16.0. The number of hydrogen-bond donors (Lipinski definition) is 1. The molecule has 2 aromatic carbocycles. The van der Waals surface area contributed by atoms with E-state index in [1.54, 1.807) is 24.3 Å². The summed E-state index contributed by atoms with van der Waals surface area (Å²) in [6, 6.07) is 15.8. The molecule has 1 heterocycles. The van der Waals surface area contributed by atoms with E-state index in [0.29, 0.717) is 23.7 Å². The maximum absolute atomic E-state index is 12.1. The normalized spacial score (nSPS) is 10.8. The zero-order valence-corrected chi connectivity index (χ0v) is 14.2. The third-order valence-corrected chi connectivity index (χ3v) is 3.64. The Labute approximate surface area is 150 Å². The van der Waals surface area contributed by atoms with Crippen molar-refractivity contribution in [2.45, 2.75) is 6.61 Å². The minimum Gasteiger partial charge on any atom is -0.508 e. The lowest BCUT2D eigenvalue weighted by molar-refractivity contribution is 0.291. The van der Waals surface area contributed by atoms with Gasteiger partial charge in [0.25, 0.3) is 0 Å². The van der Waals surface area contributed by atoms with E-state index in [4.69, 9.17) is 13.9 Å². The van der Waals surface area contributed by atoms with E-state index in [-0.39, 0.29) is 16.9 Å². The van der Waals surface area contributed by atoms with Crippen molar-refractivity contribution in [3.05, 3.63) is 88.0 Å². The number of aromatic hydroxyl groups is 1. The van der Waals surface area contributed by atoms with Gasteiger partial charge in [-0.1, -0.05) is 36.4 Å². The Hall–Kier alpha value is -3.47. The minimum absolute atomic E-state index is 0.0927. The van der Waals surface area contributed by atoms with Crippen molar-refractivity contribution >= 4 is 12.2 Å². The van der Waals surface area contributed by atoms with E-state index < -0.39 is 0 Å². The molecule has 0 unspecified atom stereocenters. The van der Waals surface area contributed by atoms with Crippen molar-refractivity contribution in [1.29, 1.82) is 0 Å². The lowest BCUT2D eigenvalue weighted by Crippen LogP contribution is -2.07. The molecule has 0 aliphatic heterocycles. The average molecular weight is 350 g/mol. The average Bonchev–Trinajstić information content (AvgIpc) is 2.66. The molecule has 0 bridgehead atoms. The molecule has 0 fully saturated rings. The Bertz CT molecular complexity index is 958. The van der Waals surface area contributed by atoms with Crippen LogP contribution >= 0.6 is 0 Å². The number of phenols is 1. The van der Waals surface area contributed by atoms with Crippen LogP contribution in [-0.4, -0.2) is 12.2 Å². The monoisotopic (exact) mass is 350 g/mol. The quantitative estimate of drug-likeness (QED) is 0.725. The van der Waals surface area contributed by atoms with E-state index >= 15 is 0 Å². The summed E-state index contributed by atoms with van der Waals surface area (Å²) in [6.45, 7) is 0.296. The Morgan fingerprint density at radius 2 is 1.88 bits per heavy atom. The molecule has 5 heteroatoms. The van der Waals surface area contributed by atoms with Gasteiger partial charge < -0.3 is 19.0 Å². The molecule has 132 valence electrons. The molecule has 0 atom stereocenters. The van der Waals surface area contributed by atoms with Crippen LogP contribution in [0.2, 0.25) is 0 Å². The summed E-state index contributed by atoms with van der Waals surface area (Å²) in [7, 11) is 1.52. The summed E-state index contributed by atoms with van der Waals surface area (Å²) in [5.74, 6) is 1.17. The molecule has 0 spiro atoms. The highest BCUT2D eigenvalue weighted by atomic mass is 16.5. The number of hydrogen-bond acceptors (Lipinski definition) is 5. The topological polar surface area (TPSA) is 68.9 Å². The molecule has 0 amide bonds. The van der Waals surface area contributed by atoms with Crippen molar-refractivity contribution in [1.82, 2.24) is 0 Å². The van der Waals surface area contributed by atoms with Gasteiger partial charge in [-0.05, 0) is 29.3 Å².